The SMILES string of the molecule is CCOC(=O)CC(O)C1CCN(C(=O)/C=C2/c3ccccc3N(C(=O)c3sc(-c4ccccc4)nc3C)CCC2(F)F)CC1. The van der Waals surface area contributed by atoms with Crippen molar-refractivity contribution in [1.29, 1.82) is 0 Å². The second kappa shape index (κ2) is 13.4. The molecule has 2 aliphatic rings. The molecule has 2 aliphatic heterocycles. The van der Waals surface area contributed by atoms with Crippen molar-refractivity contribution < 1.29 is 33.0 Å². The van der Waals surface area contributed by atoms with E-state index in [1.165, 1.54) is 27.2 Å². The lowest BCUT2D eigenvalue weighted by Crippen LogP contribution is -2.41. The molecule has 0 saturated carbocycles. The summed E-state index contributed by atoms with van der Waals surface area (Å²) in [6.07, 6.45) is 0.195. The quantitative estimate of drug-likeness (QED) is 0.266. The fourth-order valence-electron chi connectivity index (χ4n) is 5.73. The van der Waals surface area contributed by atoms with Gasteiger partial charge in [-0.3, -0.25) is 14.4 Å². The number of aliphatic hydroxyl groups excluding tert-OH is 1. The van der Waals surface area contributed by atoms with Crippen LogP contribution in [-0.4, -0.2) is 71.0 Å². The summed E-state index contributed by atoms with van der Waals surface area (Å²) >= 11 is 1.22. The summed E-state index contributed by atoms with van der Waals surface area (Å²) in [6.45, 7) is 3.94. The number of aromatic nitrogens is 1. The average Bonchev–Trinajstić information content (AvgIpc) is 3.37. The maximum Gasteiger partial charge on any atom is 0.308 e. The molecule has 44 heavy (non-hydrogen) atoms. The van der Waals surface area contributed by atoms with E-state index in [9.17, 15) is 19.5 Å². The van der Waals surface area contributed by atoms with Gasteiger partial charge in [-0.25, -0.2) is 13.8 Å². The van der Waals surface area contributed by atoms with Crippen molar-refractivity contribution in [1.82, 2.24) is 9.88 Å². The highest BCUT2D eigenvalue weighted by Crippen LogP contribution is 2.44. The third-order valence-corrected chi connectivity index (χ3v) is 9.32. The Balaban J connectivity index is 1.37. The summed E-state index contributed by atoms with van der Waals surface area (Å²) < 4.78 is 36.4. The average molecular weight is 624 g/mol. The molecule has 3 aromatic rings. The van der Waals surface area contributed by atoms with E-state index >= 15 is 8.78 Å². The van der Waals surface area contributed by atoms with Crippen LogP contribution in [0.15, 0.2) is 60.7 Å². The van der Waals surface area contributed by atoms with Crippen molar-refractivity contribution in [2.24, 2.45) is 5.92 Å². The van der Waals surface area contributed by atoms with Gasteiger partial charge in [0.1, 0.15) is 9.88 Å². The van der Waals surface area contributed by atoms with Crippen molar-refractivity contribution in [2.75, 3.05) is 31.1 Å². The highest BCUT2D eigenvalue weighted by atomic mass is 32.1. The highest BCUT2D eigenvalue weighted by molar-refractivity contribution is 7.17. The molecular formula is C33H35F2N3O5S. The number of allylic oxidation sites excluding steroid dienone is 1. The Morgan fingerprint density at radius 2 is 1.77 bits per heavy atom. The number of hydrogen-bond acceptors (Lipinski definition) is 7. The van der Waals surface area contributed by atoms with Crippen molar-refractivity contribution in [3.8, 4) is 10.6 Å². The molecule has 1 fully saturated rings. The van der Waals surface area contributed by atoms with Gasteiger partial charge in [0.25, 0.3) is 11.8 Å². The Bertz CT molecular complexity index is 1550. The van der Waals surface area contributed by atoms with Gasteiger partial charge in [0, 0.05) is 48.8 Å². The van der Waals surface area contributed by atoms with E-state index in [1.54, 1.807) is 32.0 Å². The minimum absolute atomic E-state index is 0.122. The lowest BCUT2D eigenvalue weighted by atomic mass is 9.89. The summed E-state index contributed by atoms with van der Waals surface area (Å²) in [5.74, 6) is -5.02. The van der Waals surface area contributed by atoms with E-state index in [0.29, 0.717) is 34.1 Å². The number of carbonyl (C=O) groups is 3. The number of esters is 1. The van der Waals surface area contributed by atoms with Crippen LogP contribution in [0.5, 0.6) is 0 Å². The fraction of sp³-hybridized carbons (Fsp3) is 0.394. The topological polar surface area (TPSA) is 100 Å². The second-order valence-corrected chi connectivity index (χ2v) is 12.0. The predicted octanol–water partition coefficient (Wildman–Crippen LogP) is 5.74. The van der Waals surface area contributed by atoms with E-state index < -0.39 is 41.8 Å². The molecule has 0 spiro atoms. The molecule has 232 valence electrons. The molecule has 0 aliphatic carbocycles. The molecule has 1 aromatic heterocycles. The van der Waals surface area contributed by atoms with E-state index in [0.717, 1.165) is 11.6 Å². The van der Waals surface area contributed by atoms with Gasteiger partial charge in [0.15, 0.2) is 0 Å². The fourth-order valence-corrected chi connectivity index (χ4v) is 6.75. The van der Waals surface area contributed by atoms with Crippen LogP contribution in [0.2, 0.25) is 0 Å². The first-order chi connectivity index (χ1) is 21.1. The number of amides is 2. The molecular weight excluding hydrogens is 588 g/mol. The Hall–Kier alpha value is -3.96. The van der Waals surface area contributed by atoms with Crippen molar-refractivity contribution in [3.05, 3.63) is 76.8 Å². The van der Waals surface area contributed by atoms with Gasteiger partial charge < -0.3 is 19.6 Å². The summed E-state index contributed by atoms with van der Waals surface area (Å²) in [7, 11) is 0. The monoisotopic (exact) mass is 623 g/mol. The number of para-hydroxylation sites is 1. The number of aliphatic hydroxyl groups is 1. The van der Waals surface area contributed by atoms with E-state index in [4.69, 9.17) is 4.74 Å². The number of halogens is 2. The van der Waals surface area contributed by atoms with Gasteiger partial charge in [0.2, 0.25) is 5.91 Å². The Morgan fingerprint density at radius 1 is 1.09 bits per heavy atom. The summed E-state index contributed by atoms with van der Waals surface area (Å²) in [4.78, 5) is 46.7. The van der Waals surface area contributed by atoms with Crippen LogP contribution in [0.4, 0.5) is 14.5 Å². The number of ether oxygens (including phenoxy) is 1. The van der Waals surface area contributed by atoms with Gasteiger partial charge in [-0.05, 0) is 38.7 Å². The lowest BCUT2D eigenvalue weighted by molar-refractivity contribution is -0.146. The number of likely N-dealkylation sites (tertiary alicyclic amines) is 1. The number of anilines is 1. The highest BCUT2D eigenvalue weighted by Gasteiger charge is 2.42. The maximum atomic E-state index is 15.8. The maximum absolute atomic E-state index is 15.8. The minimum Gasteiger partial charge on any atom is -0.466 e. The zero-order chi connectivity index (χ0) is 31.4. The van der Waals surface area contributed by atoms with Crippen LogP contribution < -0.4 is 4.90 Å². The van der Waals surface area contributed by atoms with Crippen LogP contribution in [0.1, 0.15) is 53.5 Å². The number of aryl methyl sites for hydroxylation is 1. The zero-order valence-electron chi connectivity index (χ0n) is 24.7. The minimum atomic E-state index is -3.37. The third-order valence-electron chi connectivity index (χ3n) is 8.13. The van der Waals surface area contributed by atoms with Crippen molar-refractivity contribution in [2.45, 2.75) is 51.6 Å². The molecule has 2 aromatic carbocycles. The van der Waals surface area contributed by atoms with Crippen LogP contribution in [-0.2, 0) is 14.3 Å². The van der Waals surface area contributed by atoms with Gasteiger partial charge in [-0.2, -0.15) is 0 Å². The Labute approximate surface area is 259 Å². The number of carbonyl (C=O) groups excluding carboxylic acids is 3. The standard InChI is InChI=1S/C33H35F2N3O5S/c1-3-43-29(41)20-27(39)22-13-16-37(17-14-22)28(40)19-25-24-11-7-8-12-26(24)38(18-15-33(25,34)35)32(42)30-21(2)36-31(44-30)23-9-5-4-6-10-23/h4-12,19,22,27,39H,3,13-18,20H2,1-2H3/b25-19-. The number of piperidine rings is 1. The van der Waals surface area contributed by atoms with Crippen molar-refractivity contribution in [3.63, 3.8) is 0 Å². The number of rotatable bonds is 7. The number of hydrogen-bond donors (Lipinski definition) is 1. The Morgan fingerprint density at radius 3 is 2.48 bits per heavy atom. The molecule has 1 unspecified atom stereocenters. The molecule has 5 rings (SSSR count). The van der Waals surface area contributed by atoms with Crippen LogP contribution in [0, 0.1) is 12.8 Å². The first-order valence-electron chi connectivity index (χ1n) is 14.8. The van der Waals surface area contributed by atoms with Gasteiger partial charge in [0.05, 0.1) is 30.5 Å². The molecule has 2 amide bonds. The summed E-state index contributed by atoms with van der Waals surface area (Å²) in [5.41, 5.74) is 1.40. The molecule has 11 heteroatoms. The predicted molar refractivity (Wildman–Crippen MR) is 165 cm³/mol. The number of benzene rings is 2. The first-order valence-corrected chi connectivity index (χ1v) is 15.6. The first kappa shape index (κ1) is 31.5. The van der Waals surface area contributed by atoms with Gasteiger partial charge >= 0.3 is 5.97 Å². The molecule has 8 nitrogen and oxygen atoms in total. The molecule has 1 saturated heterocycles. The third kappa shape index (κ3) is 6.73. The summed E-state index contributed by atoms with van der Waals surface area (Å²) in [6, 6.07) is 15.9. The summed E-state index contributed by atoms with van der Waals surface area (Å²) in [5, 5.41) is 11.1. The number of thiazole rings is 1. The van der Waals surface area contributed by atoms with E-state index in [1.807, 2.05) is 30.3 Å². The molecule has 0 bridgehead atoms. The second-order valence-electron chi connectivity index (χ2n) is 11.0. The van der Waals surface area contributed by atoms with Crippen molar-refractivity contribution >= 4 is 40.4 Å². The molecule has 1 N–H and O–H groups in total. The normalized spacial score (nSPS) is 18.4. The van der Waals surface area contributed by atoms with Gasteiger partial charge in [-0.15, -0.1) is 11.3 Å². The number of nitrogens with zero attached hydrogens (tertiary/aromatic N) is 3. The number of alkyl halides is 2. The van der Waals surface area contributed by atoms with Gasteiger partial charge in [-0.1, -0.05) is 48.5 Å². The largest absolute Gasteiger partial charge is 0.466 e. The Kier molecular flexibility index (Phi) is 9.55. The molecule has 0 radical (unpaired) electrons. The smallest absolute Gasteiger partial charge is 0.308 e. The van der Waals surface area contributed by atoms with Crippen LogP contribution in [0.25, 0.3) is 16.1 Å². The molecule has 3 heterocycles. The number of fused-ring (bicyclic) bond motifs is 1. The van der Waals surface area contributed by atoms with Crippen LogP contribution >= 0.6 is 11.3 Å². The zero-order valence-corrected chi connectivity index (χ0v) is 25.5. The van der Waals surface area contributed by atoms with Crippen LogP contribution in [0.3, 0.4) is 0 Å². The van der Waals surface area contributed by atoms with E-state index in [2.05, 4.69) is 4.98 Å². The lowest BCUT2D eigenvalue weighted by Gasteiger charge is -2.33. The molecule has 1 atom stereocenters. The van der Waals surface area contributed by atoms with E-state index in [-0.39, 0.29) is 44.1 Å².